The van der Waals surface area contributed by atoms with Gasteiger partial charge in [0.2, 0.25) is 5.76 Å². The number of carbonyl (C=O) groups is 2. The highest BCUT2D eigenvalue weighted by Crippen LogP contribution is 2.41. The van der Waals surface area contributed by atoms with Gasteiger partial charge in [0, 0.05) is 44.1 Å². The van der Waals surface area contributed by atoms with Crippen molar-refractivity contribution >= 4 is 11.9 Å². The van der Waals surface area contributed by atoms with Crippen molar-refractivity contribution in [3.63, 3.8) is 0 Å². The number of rotatable bonds is 2. The molecule has 2 aromatic heterocycles. The van der Waals surface area contributed by atoms with Gasteiger partial charge >= 0.3 is 6.03 Å². The Hall–Kier alpha value is -3.17. The average molecular weight is 441 g/mol. The van der Waals surface area contributed by atoms with Crippen LogP contribution in [0.25, 0.3) is 0 Å². The van der Waals surface area contributed by atoms with Crippen molar-refractivity contribution in [1.29, 1.82) is 0 Å². The molecule has 1 atom stereocenters. The quantitative estimate of drug-likeness (QED) is 0.751. The van der Waals surface area contributed by atoms with Crippen molar-refractivity contribution in [1.82, 2.24) is 29.7 Å². The van der Waals surface area contributed by atoms with Gasteiger partial charge in [0.05, 0.1) is 23.5 Å². The summed E-state index contributed by atoms with van der Waals surface area (Å²) >= 11 is 0. The Balaban J connectivity index is 1.41. The summed E-state index contributed by atoms with van der Waals surface area (Å²) in [6.45, 7) is 8.12. The lowest BCUT2D eigenvalue weighted by atomic mass is 9.85. The minimum atomic E-state index is -0.271. The van der Waals surface area contributed by atoms with Crippen LogP contribution in [0.3, 0.4) is 0 Å². The molecule has 10 heteroatoms. The van der Waals surface area contributed by atoms with Crippen LogP contribution in [0.2, 0.25) is 0 Å². The smallest absolute Gasteiger partial charge is 0.317 e. The van der Waals surface area contributed by atoms with Gasteiger partial charge in [-0.1, -0.05) is 0 Å². The highest BCUT2D eigenvalue weighted by molar-refractivity contribution is 5.92. The molecule has 170 valence electrons. The lowest BCUT2D eigenvalue weighted by molar-refractivity contribution is 0.0698. The van der Waals surface area contributed by atoms with Crippen LogP contribution in [0.4, 0.5) is 4.79 Å². The third-order valence-corrected chi connectivity index (χ3v) is 6.88. The molecule has 10 nitrogen and oxygen atoms in total. The van der Waals surface area contributed by atoms with Gasteiger partial charge in [-0.25, -0.2) is 14.8 Å². The van der Waals surface area contributed by atoms with Crippen LogP contribution in [0.15, 0.2) is 15.6 Å². The predicted molar refractivity (Wildman–Crippen MR) is 114 cm³/mol. The first-order chi connectivity index (χ1) is 15.3. The standard InChI is InChI=1S/C22H28N6O4/c1-13(2)24-21(31)27-8-5-22(11-27)6-9-28-18(29)15-10-26(7-4-16(15)25-20(22)28)19(30)17-14(3)23-12-32-17/h12-13H,4-11H2,1-3H3,(H,24,31)/t22-/m0/s1. The van der Waals surface area contributed by atoms with Gasteiger partial charge in [0.25, 0.3) is 11.5 Å². The number of hydrogen-bond acceptors (Lipinski definition) is 6. The van der Waals surface area contributed by atoms with Gasteiger partial charge in [0.1, 0.15) is 5.82 Å². The van der Waals surface area contributed by atoms with Crippen molar-refractivity contribution in [3.05, 3.63) is 45.3 Å². The summed E-state index contributed by atoms with van der Waals surface area (Å²) in [5.41, 5.74) is 1.55. The number of aryl methyl sites for hydroxylation is 1. The molecule has 5 heterocycles. The van der Waals surface area contributed by atoms with E-state index < -0.39 is 0 Å². The molecule has 1 fully saturated rings. The zero-order chi connectivity index (χ0) is 22.6. The van der Waals surface area contributed by atoms with Crippen molar-refractivity contribution < 1.29 is 14.0 Å². The monoisotopic (exact) mass is 440 g/mol. The van der Waals surface area contributed by atoms with E-state index in [1.807, 2.05) is 18.7 Å². The van der Waals surface area contributed by atoms with E-state index in [0.717, 1.165) is 24.4 Å². The molecule has 1 N–H and O–H groups in total. The molecule has 3 amide bonds. The zero-order valence-electron chi connectivity index (χ0n) is 18.7. The fourth-order valence-electron chi connectivity index (χ4n) is 5.16. The summed E-state index contributed by atoms with van der Waals surface area (Å²) in [5, 5.41) is 2.96. The largest absolute Gasteiger partial charge is 0.438 e. The SMILES string of the molecule is Cc1ncoc1C(=O)N1CCc2nc3n(c(=O)c2C1)CC[C@]31CCN(C(=O)NC(C)C)C1. The number of nitrogens with one attached hydrogen (secondary N) is 1. The van der Waals surface area contributed by atoms with Gasteiger partial charge in [-0.05, 0) is 33.6 Å². The van der Waals surface area contributed by atoms with E-state index in [1.165, 1.54) is 6.39 Å². The number of urea groups is 1. The van der Waals surface area contributed by atoms with Crippen molar-refractivity contribution in [2.75, 3.05) is 19.6 Å². The molecule has 0 bridgehead atoms. The third-order valence-electron chi connectivity index (χ3n) is 6.88. The van der Waals surface area contributed by atoms with Crippen LogP contribution in [0.5, 0.6) is 0 Å². The number of fused-ring (bicyclic) bond motifs is 3. The van der Waals surface area contributed by atoms with Crippen LogP contribution in [0.1, 0.15) is 60.0 Å². The summed E-state index contributed by atoms with van der Waals surface area (Å²) in [6, 6.07) is 0.0153. The van der Waals surface area contributed by atoms with Crippen molar-refractivity contribution in [3.8, 4) is 0 Å². The predicted octanol–water partition coefficient (Wildman–Crippen LogP) is 1.20. The molecular weight excluding hydrogens is 412 g/mol. The summed E-state index contributed by atoms with van der Waals surface area (Å²) in [7, 11) is 0. The number of likely N-dealkylation sites (tertiary alicyclic amines) is 1. The molecule has 0 aromatic carbocycles. The molecular formula is C22H28N6O4. The number of amides is 3. The number of nitrogens with zero attached hydrogens (tertiary/aromatic N) is 5. The maximum atomic E-state index is 13.4. The molecule has 0 aliphatic carbocycles. The second kappa shape index (κ2) is 7.46. The normalized spacial score (nSPS) is 21.9. The van der Waals surface area contributed by atoms with E-state index in [-0.39, 0.29) is 41.3 Å². The molecule has 0 saturated carbocycles. The Kier molecular flexibility index (Phi) is 4.83. The molecule has 1 spiro atoms. The summed E-state index contributed by atoms with van der Waals surface area (Å²) in [6.07, 6.45) is 3.38. The van der Waals surface area contributed by atoms with Gasteiger partial charge in [-0.15, -0.1) is 0 Å². The van der Waals surface area contributed by atoms with E-state index in [0.29, 0.717) is 43.9 Å². The number of hydrogen-bond donors (Lipinski definition) is 1. The second-order valence-electron chi connectivity index (χ2n) is 9.37. The van der Waals surface area contributed by atoms with Crippen LogP contribution in [-0.4, -0.2) is 61.9 Å². The first kappa shape index (κ1) is 20.7. The molecule has 3 aliphatic heterocycles. The number of carbonyl (C=O) groups excluding carboxylic acids is 2. The minimum absolute atomic E-state index is 0.0625. The maximum absolute atomic E-state index is 13.4. The Labute approximate surface area is 185 Å². The highest BCUT2D eigenvalue weighted by atomic mass is 16.3. The van der Waals surface area contributed by atoms with Crippen LogP contribution in [0, 0.1) is 6.92 Å². The van der Waals surface area contributed by atoms with Gasteiger partial charge in [0.15, 0.2) is 6.39 Å². The van der Waals surface area contributed by atoms with Crippen LogP contribution in [-0.2, 0) is 24.9 Å². The summed E-state index contributed by atoms with van der Waals surface area (Å²) < 4.78 is 7.01. The van der Waals surface area contributed by atoms with E-state index >= 15 is 0 Å². The maximum Gasteiger partial charge on any atom is 0.317 e. The second-order valence-corrected chi connectivity index (χ2v) is 9.37. The van der Waals surface area contributed by atoms with Gasteiger partial charge in [-0.3, -0.25) is 14.2 Å². The summed E-state index contributed by atoms with van der Waals surface area (Å²) in [4.78, 5) is 51.1. The van der Waals surface area contributed by atoms with Crippen molar-refractivity contribution in [2.24, 2.45) is 0 Å². The van der Waals surface area contributed by atoms with E-state index in [2.05, 4.69) is 10.3 Å². The van der Waals surface area contributed by atoms with Crippen LogP contribution < -0.4 is 10.9 Å². The van der Waals surface area contributed by atoms with Crippen molar-refractivity contribution in [2.45, 2.75) is 64.6 Å². The van der Waals surface area contributed by atoms with Gasteiger partial charge < -0.3 is 19.5 Å². The fourth-order valence-corrected chi connectivity index (χ4v) is 5.16. The Morgan fingerprint density at radius 3 is 2.69 bits per heavy atom. The highest BCUT2D eigenvalue weighted by Gasteiger charge is 2.48. The number of oxazole rings is 1. The fraction of sp³-hybridized carbons (Fsp3) is 0.591. The van der Waals surface area contributed by atoms with E-state index in [4.69, 9.17) is 9.40 Å². The van der Waals surface area contributed by atoms with Crippen LogP contribution >= 0.6 is 0 Å². The molecule has 5 rings (SSSR count). The molecule has 0 unspecified atom stereocenters. The Bertz CT molecular complexity index is 1150. The minimum Gasteiger partial charge on any atom is -0.438 e. The lowest BCUT2D eigenvalue weighted by Gasteiger charge is -2.29. The first-order valence-corrected chi connectivity index (χ1v) is 11.2. The zero-order valence-corrected chi connectivity index (χ0v) is 18.7. The Morgan fingerprint density at radius 1 is 1.19 bits per heavy atom. The molecule has 32 heavy (non-hydrogen) atoms. The first-order valence-electron chi connectivity index (χ1n) is 11.2. The average Bonchev–Trinajstić information content (AvgIpc) is 3.47. The molecule has 1 saturated heterocycles. The molecule has 0 radical (unpaired) electrons. The van der Waals surface area contributed by atoms with E-state index in [9.17, 15) is 14.4 Å². The summed E-state index contributed by atoms with van der Waals surface area (Å²) in [5.74, 6) is 0.758. The topological polar surface area (TPSA) is 114 Å². The van der Waals surface area contributed by atoms with Gasteiger partial charge in [-0.2, -0.15) is 0 Å². The molecule has 2 aromatic rings. The van der Waals surface area contributed by atoms with E-state index in [1.54, 1.807) is 16.4 Å². The third kappa shape index (κ3) is 3.20. The lowest BCUT2D eigenvalue weighted by Crippen LogP contribution is -2.44. The molecule has 3 aliphatic rings. The number of aromatic nitrogens is 3. The Morgan fingerprint density at radius 2 is 1.97 bits per heavy atom.